The van der Waals surface area contributed by atoms with Crippen LogP contribution in [0.5, 0.6) is 11.5 Å². The summed E-state index contributed by atoms with van der Waals surface area (Å²) < 4.78 is 24.6. The predicted molar refractivity (Wildman–Crippen MR) is 109 cm³/mol. The van der Waals surface area contributed by atoms with Crippen LogP contribution in [0.1, 0.15) is 69.7 Å². The lowest BCUT2D eigenvalue weighted by Gasteiger charge is -2.24. The van der Waals surface area contributed by atoms with Crippen molar-refractivity contribution in [3.05, 3.63) is 23.8 Å². The molecule has 0 heterocycles. The summed E-state index contributed by atoms with van der Waals surface area (Å²) >= 11 is 0. The Kier molecular flexibility index (Phi) is 10.0. The van der Waals surface area contributed by atoms with Crippen molar-refractivity contribution < 1.29 is 18.8 Å². The fraction of sp³-hybridized carbons (Fsp3) is 0.667. The van der Waals surface area contributed by atoms with Crippen LogP contribution in [0.25, 0.3) is 0 Å². The summed E-state index contributed by atoms with van der Waals surface area (Å²) in [6.07, 6.45) is 6.88. The number of carbonyl (C=O) groups excluding carboxylic acids is 1. The Balaban J connectivity index is 3.27. The molecule has 0 amide bonds. The summed E-state index contributed by atoms with van der Waals surface area (Å²) in [5.41, 5.74) is 0.0532. The second kappa shape index (κ2) is 11.4. The molecule has 4 nitrogen and oxygen atoms in total. The summed E-state index contributed by atoms with van der Waals surface area (Å²) in [4.78, 5) is 13.4. The maximum absolute atomic E-state index is 13.9. The Morgan fingerprint density at radius 3 is 2.08 bits per heavy atom. The second-order valence-corrected chi connectivity index (χ2v) is 9.91. The van der Waals surface area contributed by atoms with Gasteiger partial charge in [-0.1, -0.05) is 58.9 Å². The summed E-state index contributed by atoms with van der Waals surface area (Å²) in [6.45, 7) is 6.35. The zero-order valence-corrected chi connectivity index (χ0v) is 17.9. The number of carbonyl (C=O) groups is 1. The molecule has 2 unspecified atom stereocenters. The van der Waals surface area contributed by atoms with E-state index in [0.717, 1.165) is 38.5 Å². The molecule has 0 saturated carbocycles. The molecule has 5 heteroatoms. The van der Waals surface area contributed by atoms with Gasteiger partial charge < -0.3 is 14.0 Å². The minimum Gasteiger partial charge on any atom is -0.496 e. The van der Waals surface area contributed by atoms with Crippen LogP contribution in [0.2, 0.25) is 0 Å². The lowest BCUT2D eigenvalue weighted by Crippen LogP contribution is -2.16. The van der Waals surface area contributed by atoms with Gasteiger partial charge in [0.1, 0.15) is 17.1 Å². The van der Waals surface area contributed by atoms with Gasteiger partial charge in [-0.15, -0.1) is 0 Å². The van der Waals surface area contributed by atoms with Gasteiger partial charge in [0.05, 0.1) is 14.2 Å². The Labute approximate surface area is 159 Å². The second-order valence-electron chi connectivity index (χ2n) is 6.91. The number of rotatable bonds is 13. The van der Waals surface area contributed by atoms with E-state index in [-0.39, 0.29) is 5.52 Å². The van der Waals surface area contributed by atoms with Crippen LogP contribution in [0.15, 0.2) is 18.2 Å². The quantitative estimate of drug-likeness (QED) is 0.380. The minimum absolute atomic E-state index is 0.282. The average molecular weight is 382 g/mol. The molecular formula is C21H35O4P. The molecule has 26 heavy (non-hydrogen) atoms. The molecule has 0 N–H and O–H groups in total. The van der Waals surface area contributed by atoms with E-state index >= 15 is 0 Å². The van der Waals surface area contributed by atoms with E-state index in [1.807, 2.05) is 0 Å². The molecule has 0 spiro atoms. The predicted octanol–water partition coefficient (Wildman–Crippen LogP) is 6.22. The fourth-order valence-electron chi connectivity index (χ4n) is 3.29. The van der Waals surface area contributed by atoms with Crippen molar-refractivity contribution in [3.8, 4) is 11.5 Å². The normalized spacial score (nSPS) is 14.5. The van der Waals surface area contributed by atoms with E-state index in [9.17, 15) is 9.36 Å². The van der Waals surface area contributed by atoms with E-state index in [0.29, 0.717) is 35.3 Å². The summed E-state index contributed by atoms with van der Waals surface area (Å²) in [5.74, 6) is 1.20. The molecule has 0 radical (unpaired) electrons. The molecule has 0 aliphatic carbocycles. The lowest BCUT2D eigenvalue weighted by atomic mass is 10.0. The third-order valence-electron chi connectivity index (χ3n) is 4.98. The van der Waals surface area contributed by atoms with Crippen LogP contribution < -0.4 is 9.47 Å². The van der Waals surface area contributed by atoms with Crippen LogP contribution in [-0.2, 0) is 4.57 Å². The number of unbranched alkanes of at least 4 members (excludes halogenated alkanes) is 2. The number of methoxy groups -OCH3 is 2. The molecule has 0 saturated heterocycles. The third-order valence-corrected chi connectivity index (χ3v) is 8.09. The van der Waals surface area contributed by atoms with Gasteiger partial charge in [0.2, 0.25) is 5.52 Å². The van der Waals surface area contributed by atoms with Crippen LogP contribution in [0.3, 0.4) is 0 Å². The number of hydrogen-bond donors (Lipinski definition) is 0. The third kappa shape index (κ3) is 5.87. The van der Waals surface area contributed by atoms with Gasteiger partial charge in [-0.05, 0) is 24.5 Å². The first-order valence-electron chi connectivity index (χ1n) is 9.81. The van der Waals surface area contributed by atoms with Crippen molar-refractivity contribution in [3.63, 3.8) is 0 Å². The molecule has 0 fully saturated rings. The topological polar surface area (TPSA) is 52.6 Å². The molecule has 0 aliphatic rings. The number of ether oxygens (including phenoxy) is 2. The summed E-state index contributed by atoms with van der Waals surface area (Å²) in [6, 6.07) is 5.24. The van der Waals surface area contributed by atoms with Crippen molar-refractivity contribution in [2.45, 2.75) is 59.3 Å². The maximum atomic E-state index is 13.9. The molecule has 1 aromatic carbocycles. The first kappa shape index (κ1) is 22.8. The van der Waals surface area contributed by atoms with E-state index in [2.05, 4.69) is 20.8 Å². The molecule has 1 aromatic rings. The minimum atomic E-state index is -3.04. The van der Waals surface area contributed by atoms with E-state index in [4.69, 9.17) is 9.47 Å². The van der Waals surface area contributed by atoms with Crippen LogP contribution in [-0.4, -0.2) is 32.1 Å². The first-order chi connectivity index (χ1) is 12.5. The standard InChI is InChI=1S/C21H35O4P/c1-6-9-12-17(8-3)16-26(23,15-10-7-2)21(22)20-18(24-4)13-11-14-19(20)25-5/h11,13-14,17H,6-10,12,15-16H2,1-5H3. The van der Waals surface area contributed by atoms with Crippen LogP contribution in [0, 0.1) is 5.92 Å². The van der Waals surface area contributed by atoms with E-state index in [1.165, 1.54) is 14.2 Å². The highest BCUT2D eigenvalue weighted by Gasteiger charge is 2.37. The monoisotopic (exact) mass is 382 g/mol. The van der Waals surface area contributed by atoms with Crippen molar-refractivity contribution in [2.75, 3.05) is 26.5 Å². The van der Waals surface area contributed by atoms with Gasteiger partial charge >= 0.3 is 0 Å². The van der Waals surface area contributed by atoms with E-state index < -0.39 is 7.14 Å². The van der Waals surface area contributed by atoms with Crippen molar-refractivity contribution in [1.82, 2.24) is 0 Å². The maximum Gasteiger partial charge on any atom is 0.228 e. The van der Waals surface area contributed by atoms with Crippen molar-refractivity contribution in [1.29, 1.82) is 0 Å². The first-order valence-corrected chi connectivity index (χ1v) is 11.9. The zero-order chi connectivity index (χ0) is 19.6. The highest BCUT2D eigenvalue weighted by molar-refractivity contribution is 7.81. The number of hydrogen-bond acceptors (Lipinski definition) is 4. The summed E-state index contributed by atoms with van der Waals surface area (Å²) in [7, 11) is 0.0120. The lowest BCUT2D eigenvalue weighted by molar-refractivity contribution is 0.106. The van der Waals surface area contributed by atoms with Gasteiger partial charge in [0.15, 0.2) is 7.14 Å². The molecule has 2 atom stereocenters. The van der Waals surface area contributed by atoms with Gasteiger partial charge in [-0.25, -0.2) is 0 Å². The van der Waals surface area contributed by atoms with Gasteiger partial charge in [0.25, 0.3) is 0 Å². The highest BCUT2D eigenvalue weighted by atomic mass is 31.2. The van der Waals surface area contributed by atoms with Gasteiger partial charge in [0, 0.05) is 12.3 Å². The van der Waals surface area contributed by atoms with Crippen LogP contribution in [0.4, 0.5) is 0 Å². The molecule has 0 aromatic heterocycles. The number of benzene rings is 1. The molecular weight excluding hydrogens is 347 g/mol. The average Bonchev–Trinajstić information content (AvgIpc) is 2.68. The Morgan fingerprint density at radius 1 is 1.04 bits per heavy atom. The van der Waals surface area contributed by atoms with Gasteiger partial charge in [-0.3, -0.25) is 4.79 Å². The largest absolute Gasteiger partial charge is 0.496 e. The van der Waals surface area contributed by atoms with Crippen LogP contribution >= 0.6 is 7.14 Å². The molecule has 148 valence electrons. The smallest absolute Gasteiger partial charge is 0.228 e. The Hall–Kier alpha value is -1.28. The van der Waals surface area contributed by atoms with Crippen molar-refractivity contribution >= 4 is 12.7 Å². The zero-order valence-electron chi connectivity index (χ0n) is 17.0. The molecule has 1 rings (SSSR count). The SMILES string of the molecule is CCCCC(CC)CP(=O)(CCCC)C(=O)c1c(OC)cccc1OC. The highest BCUT2D eigenvalue weighted by Crippen LogP contribution is 2.54. The fourth-order valence-corrected chi connectivity index (χ4v) is 6.57. The molecule has 0 bridgehead atoms. The summed E-state index contributed by atoms with van der Waals surface area (Å²) in [5, 5.41) is 0. The Bertz CT molecular complexity index is 590. The Morgan fingerprint density at radius 2 is 1.62 bits per heavy atom. The molecule has 0 aliphatic heterocycles. The van der Waals surface area contributed by atoms with E-state index in [1.54, 1.807) is 18.2 Å². The van der Waals surface area contributed by atoms with Crippen molar-refractivity contribution in [2.24, 2.45) is 5.92 Å². The van der Waals surface area contributed by atoms with Gasteiger partial charge in [-0.2, -0.15) is 0 Å².